The van der Waals surface area contributed by atoms with Crippen molar-refractivity contribution in [3.63, 3.8) is 0 Å². The first-order valence-corrected chi connectivity index (χ1v) is 4.47. The molecule has 1 unspecified atom stereocenters. The third-order valence-electron chi connectivity index (χ3n) is 1.96. The molecular formula is C9H14N2O2. The number of aliphatic carboxylic acids is 1. The number of hydrogen-bond donors (Lipinski definition) is 1. The molecule has 0 saturated carbocycles. The Labute approximate surface area is 77.2 Å². The minimum Gasteiger partial charge on any atom is -0.480 e. The average Bonchev–Trinajstić information content (AvgIpc) is 2.57. The van der Waals surface area contributed by atoms with Crippen LogP contribution in [0.5, 0.6) is 0 Å². The van der Waals surface area contributed by atoms with E-state index < -0.39 is 12.0 Å². The minimum atomic E-state index is -0.808. The summed E-state index contributed by atoms with van der Waals surface area (Å²) < 4.78 is 1.50. The molecule has 0 spiro atoms. The molecular weight excluding hydrogens is 168 g/mol. The van der Waals surface area contributed by atoms with Crippen LogP contribution in [0.1, 0.15) is 32.2 Å². The molecule has 0 fully saturated rings. The second-order valence-corrected chi connectivity index (χ2v) is 2.98. The second kappa shape index (κ2) is 4.64. The lowest BCUT2D eigenvalue weighted by Gasteiger charge is -2.11. The van der Waals surface area contributed by atoms with Crippen molar-refractivity contribution in [3.8, 4) is 0 Å². The Morgan fingerprint density at radius 3 is 2.92 bits per heavy atom. The maximum atomic E-state index is 10.8. The smallest absolute Gasteiger partial charge is 0.328 e. The van der Waals surface area contributed by atoms with Crippen LogP contribution in [0.15, 0.2) is 18.5 Å². The highest BCUT2D eigenvalue weighted by Gasteiger charge is 2.18. The zero-order valence-electron chi connectivity index (χ0n) is 7.68. The van der Waals surface area contributed by atoms with Crippen LogP contribution in [0, 0.1) is 0 Å². The number of unbranched alkanes of at least 4 members (excludes halogenated alkanes) is 1. The van der Waals surface area contributed by atoms with Crippen LogP contribution in [0.25, 0.3) is 0 Å². The van der Waals surface area contributed by atoms with Crippen LogP contribution in [0.4, 0.5) is 0 Å². The van der Waals surface area contributed by atoms with Gasteiger partial charge < -0.3 is 5.11 Å². The van der Waals surface area contributed by atoms with Gasteiger partial charge in [-0.15, -0.1) is 0 Å². The van der Waals surface area contributed by atoms with Gasteiger partial charge in [-0.1, -0.05) is 19.8 Å². The molecule has 4 heteroatoms. The molecule has 0 aromatic carbocycles. The molecule has 1 rings (SSSR count). The van der Waals surface area contributed by atoms with Gasteiger partial charge >= 0.3 is 5.97 Å². The van der Waals surface area contributed by atoms with Gasteiger partial charge in [-0.05, 0) is 12.5 Å². The van der Waals surface area contributed by atoms with Crippen molar-refractivity contribution in [2.45, 2.75) is 32.2 Å². The Balaban J connectivity index is 2.63. The van der Waals surface area contributed by atoms with Crippen LogP contribution in [-0.4, -0.2) is 20.9 Å². The van der Waals surface area contributed by atoms with E-state index in [1.165, 1.54) is 4.68 Å². The third-order valence-corrected chi connectivity index (χ3v) is 1.96. The second-order valence-electron chi connectivity index (χ2n) is 2.98. The van der Waals surface area contributed by atoms with Gasteiger partial charge in [-0.3, -0.25) is 4.68 Å². The van der Waals surface area contributed by atoms with E-state index in [4.69, 9.17) is 5.11 Å². The molecule has 72 valence electrons. The van der Waals surface area contributed by atoms with Crippen LogP contribution in [0.3, 0.4) is 0 Å². The monoisotopic (exact) mass is 182 g/mol. The van der Waals surface area contributed by atoms with Crippen molar-refractivity contribution >= 4 is 5.97 Å². The number of nitrogens with zero attached hydrogens (tertiary/aromatic N) is 2. The van der Waals surface area contributed by atoms with Gasteiger partial charge in [-0.2, -0.15) is 5.10 Å². The van der Waals surface area contributed by atoms with Gasteiger partial charge in [0.15, 0.2) is 0 Å². The summed E-state index contributed by atoms with van der Waals surface area (Å²) in [6, 6.07) is 1.23. The Hall–Kier alpha value is -1.32. The maximum Gasteiger partial charge on any atom is 0.328 e. The zero-order chi connectivity index (χ0) is 9.68. The van der Waals surface area contributed by atoms with Crippen LogP contribution in [-0.2, 0) is 4.79 Å². The van der Waals surface area contributed by atoms with Crippen molar-refractivity contribution in [2.24, 2.45) is 0 Å². The highest BCUT2D eigenvalue weighted by atomic mass is 16.4. The Morgan fingerprint density at radius 2 is 2.46 bits per heavy atom. The summed E-state index contributed by atoms with van der Waals surface area (Å²) in [5.41, 5.74) is 0. The van der Waals surface area contributed by atoms with E-state index in [2.05, 4.69) is 5.10 Å². The Kier molecular flexibility index (Phi) is 3.49. The summed E-state index contributed by atoms with van der Waals surface area (Å²) in [4.78, 5) is 10.8. The normalized spacial score (nSPS) is 12.7. The molecule has 1 heterocycles. The molecule has 0 bridgehead atoms. The molecule has 0 aliphatic carbocycles. The van der Waals surface area contributed by atoms with Gasteiger partial charge in [0.1, 0.15) is 6.04 Å². The summed E-state index contributed by atoms with van der Waals surface area (Å²) >= 11 is 0. The predicted molar refractivity (Wildman–Crippen MR) is 48.4 cm³/mol. The van der Waals surface area contributed by atoms with E-state index in [1.807, 2.05) is 6.92 Å². The van der Waals surface area contributed by atoms with E-state index in [-0.39, 0.29) is 0 Å². The molecule has 1 aromatic rings. The van der Waals surface area contributed by atoms with Crippen molar-refractivity contribution < 1.29 is 9.90 Å². The molecule has 0 saturated heterocycles. The first-order valence-electron chi connectivity index (χ1n) is 4.47. The van der Waals surface area contributed by atoms with E-state index in [0.717, 1.165) is 12.8 Å². The number of carboxylic acid groups (broad SMARTS) is 1. The summed E-state index contributed by atoms with van der Waals surface area (Å²) in [5, 5.41) is 12.8. The van der Waals surface area contributed by atoms with Gasteiger partial charge in [0.2, 0.25) is 0 Å². The van der Waals surface area contributed by atoms with Gasteiger partial charge in [0.05, 0.1) is 0 Å². The van der Waals surface area contributed by atoms with E-state index in [0.29, 0.717) is 6.42 Å². The Bertz CT molecular complexity index is 257. The molecule has 0 aliphatic heterocycles. The van der Waals surface area contributed by atoms with Crippen molar-refractivity contribution in [1.29, 1.82) is 0 Å². The molecule has 1 aromatic heterocycles. The molecule has 4 nitrogen and oxygen atoms in total. The van der Waals surface area contributed by atoms with Crippen LogP contribution < -0.4 is 0 Å². The predicted octanol–water partition coefficient (Wildman–Crippen LogP) is 1.70. The summed E-state index contributed by atoms with van der Waals surface area (Å²) in [6.45, 7) is 2.04. The van der Waals surface area contributed by atoms with E-state index in [1.54, 1.807) is 18.5 Å². The lowest BCUT2D eigenvalue weighted by atomic mass is 10.1. The lowest BCUT2D eigenvalue weighted by molar-refractivity contribution is -0.141. The highest BCUT2D eigenvalue weighted by Crippen LogP contribution is 2.13. The van der Waals surface area contributed by atoms with Crippen molar-refractivity contribution in [1.82, 2.24) is 9.78 Å². The summed E-state index contributed by atoms with van der Waals surface area (Å²) in [5.74, 6) is -0.808. The summed E-state index contributed by atoms with van der Waals surface area (Å²) in [6.07, 6.45) is 5.85. The number of carbonyl (C=O) groups is 1. The molecule has 0 radical (unpaired) electrons. The van der Waals surface area contributed by atoms with Crippen LogP contribution in [0.2, 0.25) is 0 Å². The van der Waals surface area contributed by atoms with E-state index in [9.17, 15) is 4.79 Å². The molecule has 0 aliphatic rings. The van der Waals surface area contributed by atoms with Gasteiger partial charge in [0, 0.05) is 12.4 Å². The molecule has 1 N–H and O–H groups in total. The van der Waals surface area contributed by atoms with Crippen molar-refractivity contribution in [2.75, 3.05) is 0 Å². The summed E-state index contributed by atoms with van der Waals surface area (Å²) in [7, 11) is 0. The molecule has 13 heavy (non-hydrogen) atoms. The fraction of sp³-hybridized carbons (Fsp3) is 0.556. The first kappa shape index (κ1) is 9.77. The molecule has 1 atom stereocenters. The topological polar surface area (TPSA) is 55.1 Å². The minimum absolute atomic E-state index is 0.505. The fourth-order valence-corrected chi connectivity index (χ4v) is 1.23. The largest absolute Gasteiger partial charge is 0.480 e. The quantitative estimate of drug-likeness (QED) is 0.754. The fourth-order valence-electron chi connectivity index (χ4n) is 1.23. The Morgan fingerprint density at radius 1 is 1.69 bits per heavy atom. The molecule has 0 amide bonds. The number of hydrogen-bond acceptors (Lipinski definition) is 2. The van der Waals surface area contributed by atoms with Crippen molar-refractivity contribution in [3.05, 3.63) is 18.5 Å². The number of carboxylic acids is 1. The van der Waals surface area contributed by atoms with Gasteiger partial charge in [0.25, 0.3) is 0 Å². The van der Waals surface area contributed by atoms with Crippen LogP contribution >= 0.6 is 0 Å². The van der Waals surface area contributed by atoms with E-state index >= 15 is 0 Å². The lowest BCUT2D eigenvalue weighted by Crippen LogP contribution is -2.19. The SMILES string of the molecule is CCCCC(C(=O)O)n1cccn1. The maximum absolute atomic E-state index is 10.8. The average molecular weight is 182 g/mol. The third kappa shape index (κ3) is 2.57. The van der Waals surface area contributed by atoms with Gasteiger partial charge in [-0.25, -0.2) is 4.79 Å². The number of aromatic nitrogens is 2. The standard InChI is InChI=1S/C9H14N2O2/c1-2-3-5-8(9(12)13)11-7-4-6-10-11/h4,6-8H,2-3,5H2,1H3,(H,12,13). The first-order chi connectivity index (χ1) is 6.25. The number of rotatable bonds is 5. The highest BCUT2D eigenvalue weighted by molar-refractivity contribution is 5.71. The zero-order valence-corrected chi connectivity index (χ0v) is 7.68.